The van der Waals surface area contributed by atoms with Crippen LogP contribution < -0.4 is 0 Å². The first-order chi connectivity index (χ1) is 9.30. The van der Waals surface area contributed by atoms with Gasteiger partial charge in [-0.15, -0.1) is 0 Å². The lowest BCUT2D eigenvalue weighted by molar-refractivity contribution is -0.195. The SMILES string of the molecule is CCCC1(CCC)CN(C(CC)C(F)(F)F)CCN1C. The molecule has 1 aliphatic heterocycles. The number of piperazine rings is 1. The molecule has 0 N–H and O–H groups in total. The number of halogens is 3. The Morgan fingerprint density at radius 3 is 2.00 bits per heavy atom. The molecule has 0 spiro atoms. The lowest BCUT2D eigenvalue weighted by Crippen LogP contribution is -2.64. The molecule has 2 nitrogen and oxygen atoms in total. The Labute approximate surface area is 121 Å². The van der Waals surface area contributed by atoms with Gasteiger partial charge < -0.3 is 0 Å². The van der Waals surface area contributed by atoms with Crippen molar-refractivity contribution in [3.8, 4) is 0 Å². The molecule has 5 heteroatoms. The van der Waals surface area contributed by atoms with E-state index in [4.69, 9.17) is 0 Å². The van der Waals surface area contributed by atoms with E-state index in [0.29, 0.717) is 13.1 Å². The molecule has 0 amide bonds. The maximum Gasteiger partial charge on any atom is 0.404 e. The van der Waals surface area contributed by atoms with Gasteiger partial charge in [0.25, 0.3) is 0 Å². The van der Waals surface area contributed by atoms with Gasteiger partial charge in [-0.05, 0) is 26.3 Å². The number of rotatable bonds is 6. The van der Waals surface area contributed by atoms with Crippen LogP contribution in [0.15, 0.2) is 0 Å². The topological polar surface area (TPSA) is 6.48 Å². The highest BCUT2D eigenvalue weighted by atomic mass is 19.4. The zero-order valence-corrected chi connectivity index (χ0v) is 13.3. The first kappa shape index (κ1) is 17.8. The molecule has 120 valence electrons. The minimum Gasteiger partial charge on any atom is -0.298 e. The van der Waals surface area contributed by atoms with Crippen molar-refractivity contribution < 1.29 is 13.2 Å². The van der Waals surface area contributed by atoms with Crippen LogP contribution in [0.4, 0.5) is 13.2 Å². The third-order valence-electron chi connectivity index (χ3n) is 4.67. The van der Waals surface area contributed by atoms with Crippen molar-refractivity contribution in [3.63, 3.8) is 0 Å². The minimum atomic E-state index is -4.12. The smallest absolute Gasteiger partial charge is 0.298 e. The molecule has 1 saturated heterocycles. The van der Waals surface area contributed by atoms with Crippen LogP contribution in [0.3, 0.4) is 0 Å². The molecule has 1 atom stereocenters. The number of hydrogen-bond donors (Lipinski definition) is 0. The van der Waals surface area contributed by atoms with Crippen molar-refractivity contribution >= 4 is 0 Å². The van der Waals surface area contributed by atoms with Gasteiger partial charge in [0.1, 0.15) is 6.04 Å². The summed E-state index contributed by atoms with van der Waals surface area (Å²) in [5, 5.41) is 0. The summed E-state index contributed by atoms with van der Waals surface area (Å²) >= 11 is 0. The van der Waals surface area contributed by atoms with Gasteiger partial charge in [0.05, 0.1) is 0 Å². The first-order valence-corrected chi connectivity index (χ1v) is 7.82. The van der Waals surface area contributed by atoms with Crippen LogP contribution in [0.5, 0.6) is 0 Å². The number of nitrogens with zero attached hydrogens (tertiary/aromatic N) is 2. The summed E-state index contributed by atoms with van der Waals surface area (Å²) in [5.41, 5.74) is -0.0829. The summed E-state index contributed by atoms with van der Waals surface area (Å²) in [4.78, 5) is 3.96. The second-order valence-corrected chi connectivity index (χ2v) is 6.08. The Morgan fingerprint density at radius 1 is 1.05 bits per heavy atom. The van der Waals surface area contributed by atoms with E-state index in [1.54, 1.807) is 11.8 Å². The fourth-order valence-corrected chi connectivity index (χ4v) is 3.65. The molecule has 0 bridgehead atoms. The summed E-state index contributed by atoms with van der Waals surface area (Å²) < 4.78 is 39.5. The van der Waals surface area contributed by atoms with Gasteiger partial charge in [0, 0.05) is 25.2 Å². The van der Waals surface area contributed by atoms with Gasteiger partial charge in [-0.1, -0.05) is 33.6 Å². The van der Waals surface area contributed by atoms with E-state index >= 15 is 0 Å². The van der Waals surface area contributed by atoms with Gasteiger partial charge in [-0.25, -0.2) is 0 Å². The van der Waals surface area contributed by atoms with E-state index in [1.807, 2.05) is 0 Å². The van der Waals surface area contributed by atoms with Crippen LogP contribution >= 0.6 is 0 Å². The van der Waals surface area contributed by atoms with Crippen LogP contribution in [0.25, 0.3) is 0 Å². The Bertz CT molecular complexity index is 285. The average molecular weight is 294 g/mol. The standard InChI is InChI=1S/C15H29F3N2/c1-5-8-14(9-6-2)12-20(11-10-19(14)4)13(7-3)15(16,17)18/h13H,5-12H2,1-4H3. The first-order valence-electron chi connectivity index (χ1n) is 7.82. The fourth-order valence-electron chi connectivity index (χ4n) is 3.65. The zero-order chi connectivity index (χ0) is 15.4. The molecule has 1 unspecified atom stereocenters. The third-order valence-corrected chi connectivity index (χ3v) is 4.67. The molecule has 0 aromatic rings. The van der Waals surface area contributed by atoms with Crippen molar-refractivity contribution in [3.05, 3.63) is 0 Å². The highest BCUT2D eigenvalue weighted by Crippen LogP contribution is 2.35. The van der Waals surface area contributed by atoms with Crippen LogP contribution in [0.1, 0.15) is 52.9 Å². The normalized spacial score (nSPS) is 22.9. The van der Waals surface area contributed by atoms with Gasteiger partial charge in [0.2, 0.25) is 0 Å². The Kier molecular flexibility index (Phi) is 6.32. The summed E-state index contributed by atoms with van der Waals surface area (Å²) in [6, 6.07) is -1.29. The molecule has 0 aliphatic carbocycles. The van der Waals surface area contributed by atoms with Crippen LogP contribution in [0, 0.1) is 0 Å². The Morgan fingerprint density at radius 2 is 1.60 bits per heavy atom. The summed E-state index contributed by atoms with van der Waals surface area (Å²) in [6.07, 6.45) is 0.00260. The molecule has 0 aromatic carbocycles. The number of hydrogen-bond acceptors (Lipinski definition) is 2. The third kappa shape index (κ3) is 3.88. The second kappa shape index (κ2) is 7.12. The van der Waals surface area contributed by atoms with Crippen LogP contribution in [0.2, 0.25) is 0 Å². The van der Waals surface area contributed by atoms with Gasteiger partial charge in [-0.3, -0.25) is 9.80 Å². The zero-order valence-electron chi connectivity index (χ0n) is 13.3. The lowest BCUT2D eigenvalue weighted by Gasteiger charge is -2.52. The van der Waals surface area contributed by atoms with Crippen molar-refractivity contribution in [1.29, 1.82) is 0 Å². The molecule has 20 heavy (non-hydrogen) atoms. The van der Waals surface area contributed by atoms with Crippen LogP contribution in [-0.4, -0.2) is 54.2 Å². The number of likely N-dealkylation sites (N-methyl/N-ethyl adjacent to an activating group) is 1. The molecule has 1 rings (SSSR count). The molecule has 1 fully saturated rings. The van der Waals surface area contributed by atoms with Gasteiger partial charge in [0.15, 0.2) is 0 Å². The highest BCUT2D eigenvalue weighted by molar-refractivity contribution is 4.97. The fraction of sp³-hybridized carbons (Fsp3) is 1.00. The summed E-state index contributed by atoms with van der Waals surface area (Å²) in [6.45, 7) is 7.66. The van der Waals surface area contributed by atoms with Crippen molar-refractivity contribution in [2.75, 3.05) is 26.7 Å². The van der Waals surface area contributed by atoms with Crippen molar-refractivity contribution in [2.24, 2.45) is 0 Å². The summed E-state index contributed by atoms with van der Waals surface area (Å²) in [5.74, 6) is 0. The van der Waals surface area contributed by atoms with E-state index in [1.165, 1.54) is 0 Å². The van der Waals surface area contributed by atoms with E-state index in [9.17, 15) is 13.2 Å². The van der Waals surface area contributed by atoms with Crippen molar-refractivity contribution in [2.45, 2.75) is 70.6 Å². The lowest BCUT2D eigenvalue weighted by atomic mass is 9.84. The molecular formula is C15H29F3N2. The van der Waals surface area contributed by atoms with Crippen molar-refractivity contribution in [1.82, 2.24) is 9.80 Å². The average Bonchev–Trinajstić information content (AvgIpc) is 2.33. The largest absolute Gasteiger partial charge is 0.404 e. The van der Waals surface area contributed by atoms with Gasteiger partial charge in [-0.2, -0.15) is 13.2 Å². The van der Waals surface area contributed by atoms with E-state index < -0.39 is 12.2 Å². The second-order valence-electron chi connectivity index (χ2n) is 6.08. The van der Waals surface area contributed by atoms with Gasteiger partial charge >= 0.3 is 6.18 Å². The highest BCUT2D eigenvalue weighted by Gasteiger charge is 2.47. The molecule has 0 saturated carbocycles. The molecule has 0 aromatic heterocycles. The molecule has 1 heterocycles. The van der Waals surface area contributed by atoms with E-state index in [-0.39, 0.29) is 12.0 Å². The molecule has 0 radical (unpaired) electrons. The van der Waals surface area contributed by atoms with E-state index in [0.717, 1.165) is 32.2 Å². The number of alkyl halides is 3. The van der Waals surface area contributed by atoms with Crippen LogP contribution in [-0.2, 0) is 0 Å². The maximum absolute atomic E-state index is 13.2. The monoisotopic (exact) mass is 294 g/mol. The maximum atomic E-state index is 13.2. The molecule has 1 aliphatic rings. The molecular weight excluding hydrogens is 265 g/mol. The quantitative estimate of drug-likeness (QED) is 0.733. The predicted octanol–water partition coefficient (Wildman–Crippen LogP) is 3.91. The Balaban J connectivity index is 2.92. The minimum absolute atomic E-state index is 0.0829. The summed E-state index contributed by atoms with van der Waals surface area (Å²) in [7, 11) is 2.07. The van der Waals surface area contributed by atoms with E-state index in [2.05, 4.69) is 25.8 Å². The Hall–Kier alpha value is -0.290. The predicted molar refractivity (Wildman–Crippen MR) is 76.9 cm³/mol.